The maximum absolute atomic E-state index is 11.5. The first-order chi connectivity index (χ1) is 8.08. The molecule has 1 heterocycles. The van der Waals surface area contributed by atoms with Crippen LogP contribution < -0.4 is 0 Å². The van der Waals surface area contributed by atoms with E-state index in [1.165, 1.54) is 22.5 Å². The normalized spacial score (nSPS) is 22.3. The lowest BCUT2D eigenvalue weighted by Crippen LogP contribution is -2.21. The van der Waals surface area contributed by atoms with Crippen molar-refractivity contribution in [2.24, 2.45) is 0 Å². The number of methoxy groups -OCH3 is 1. The van der Waals surface area contributed by atoms with Crippen LogP contribution in [0, 0.1) is 6.92 Å². The average Bonchev–Trinajstić information content (AvgIpc) is 2.67. The second-order valence-electron chi connectivity index (χ2n) is 4.17. The van der Waals surface area contributed by atoms with Crippen molar-refractivity contribution in [2.75, 3.05) is 7.11 Å². The molecule has 2 nitrogen and oxygen atoms in total. The molecule has 0 bridgehead atoms. The Balaban J connectivity index is 2.23. The molecule has 0 N–H and O–H groups in total. The molecule has 1 aliphatic heterocycles. The number of thioether (sulfide) groups is 2. The minimum Gasteiger partial charge on any atom is -0.469 e. The summed E-state index contributed by atoms with van der Waals surface area (Å²) in [7, 11) is 1.45. The first-order valence-electron chi connectivity index (χ1n) is 5.64. The van der Waals surface area contributed by atoms with Crippen LogP contribution in [-0.2, 0) is 9.53 Å². The SMILES string of the molecule is CCC1(CC(=O)OC)Sc2ccc(C)cc2S1. The Labute approximate surface area is 111 Å². The van der Waals surface area contributed by atoms with Gasteiger partial charge in [0, 0.05) is 9.79 Å². The minimum atomic E-state index is -0.128. The largest absolute Gasteiger partial charge is 0.469 e. The van der Waals surface area contributed by atoms with Crippen LogP contribution in [0.2, 0.25) is 0 Å². The summed E-state index contributed by atoms with van der Waals surface area (Å²) in [6.45, 7) is 4.22. The zero-order valence-corrected chi connectivity index (χ0v) is 11.9. The van der Waals surface area contributed by atoms with E-state index in [9.17, 15) is 4.79 Å². The summed E-state index contributed by atoms with van der Waals surface area (Å²) in [4.78, 5) is 14.1. The van der Waals surface area contributed by atoms with E-state index in [1.54, 1.807) is 23.5 Å². The first-order valence-corrected chi connectivity index (χ1v) is 7.27. The zero-order chi connectivity index (χ0) is 12.5. The Kier molecular flexibility index (Phi) is 3.73. The van der Waals surface area contributed by atoms with E-state index >= 15 is 0 Å². The predicted molar refractivity (Wildman–Crippen MR) is 72.5 cm³/mol. The summed E-state index contributed by atoms with van der Waals surface area (Å²) in [5, 5.41) is 0. The topological polar surface area (TPSA) is 26.3 Å². The summed E-state index contributed by atoms with van der Waals surface area (Å²) < 4.78 is 4.72. The van der Waals surface area contributed by atoms with Gasteiger partial charge in [-0.25, -0.2) is 0 Å². The Bertz CT molecular complexity index is 445. The number of hydrogen-bond donors (Lipinski definition) is 0. The van der Waals surface area contributed by atoms with Gasteiger partial charge in [0.1, 0.15) is 0 Å². The van der Waals surface area contributed by atoms with E-state index in [0.717, 1.165) is 6.42 Å². The van der Waals surface area contributed by atoms with E-state index in [1.807, 2.05) is 0 Å². The predicted octanol–water partition coefficient (Wildman–Crippen LogP) is 3.86. The average molecular weight is 268 g/mol. The second kappa shape index (κ2) is 4.94. The van der Waals surface area contributed by atoms with Crippen LogP contribution in [0.15, 0.2) is 28.0 Å². The number of ether oxygens (including phenoxy) is 1. The Morgan fingerprint density at radius 1 is 1.35 bits per heavy atom. The van der Waals surface area contributed by atoms with Crippen molar-refractivity contribution in [1.29, 1.82) is 0 Å². The van der Waals surface area contributed by atoms with E-state index in [-0.39, 0.29) is 10.0 Å². The van der Waals surface area contributed by atoms with E-state index in [0.29, 0.717) is 6.42 Å². The summed E-state index contributed by atoms with van der Waals surface area (Å²) in [5.41, 5.74) is 1.27. The van der Waals surface area contributed by atoms with E-state index in [4.69, 9.17) is 4.74 Å². The number of fused-ring (bicyclic) bond motifs is 1. The van der Waals surface area contributed by atoms with Gasteiger partial charge in [-0.1, -0.05) is 13.0 Å². The van der Waals surface area contributed by atoms with Crippen molar-refractivity contribution in [3.05, 3.63) is 23.8 Å². The van der Waals surface area contributed by atoms with Gasteiger partial charge in [0.25, 0.3) is 0 Å². The third-order valence-electron chi connectivity index (χ3n) is 2.87. The molecule has 1 unspecified atom stereocenters. The highest BCUT2D eigenvalue weighted by atomic mass is 32.2. The highest BCUT2D eigenvalue weighted by Gasteiger charge is 2.40. The van der Waals surface area contributed by atoms with Crippen LogP contribution in [0.25, 0.3) is 0 Å². The van der Waals surface area contributed by atoms with Gasteiger partial charge in [0.2, 0.25) is 0 Å². The van der Waals surface area contributed by atoms with E-state index in [2.05, 4.69) is 32.0 Å². The molecule has 1 aliphatic rings. The number of hydrogen-bond acceptors (Lipinski definition) is 4. The molecular formula is C13H16O2S2. The lowest BCUT2D eigenvalue weighted by atomic mass is 10.2. The van der Waals surface area contributed by atoms with Crippen molar-refractivity contribution < 1.29 is 9.53 Å². The fourth-order valence-electron chi connectivity index (χ4n) is 1.83. The van der Waals surface area contributed by atoms with Gasteiger partial charge in [0.15, 0.2) is 0 Å². The summed E-state index contributed by atoms with van der Waals surface area (Å²) >= 11 is 3.60. The number of benzene rings is 1. The molecular weight excluding hydrogens is 252 g/mol. The van der Waals surface area contributed by atoms with Crippen molar-refractivity contribution >= 4 is 29.5 Å². The van der Waals surface area contributed by atoms with Crippen molar-refractivity contribution in [2.45, 2.75) is 40.6 Å². The van der Waals surface area contributed by atoms with Crippen LogP contribution in [0.1, 0.15) is 25.3 Å². The molecule has 92 valence electrons. The van der Waals surface area contributed by atoms with Gasteiger partial charge in [-0.15, -0.1) is 23.5 Å². The molecule has 0 spiro atoms. The molecule has 0 saturated heterocycles. The maximum atomic E-state index is 11.5. The second-order valence-corrected chi connectivity index (χ2v) is 7.28. The highest BCUT2D eigenvalue weighted by Crippen LogP contribution is 2.59. The molecule has 0 aliphatic carbocycles. The number of carbonyl (C=O) groups excluding carboxylic acids is 1. The summed E-state index contributed by atoms with van der Waals surface area (Å²) in [5.74, 6) is -0.128. The van der Waals surface area contributed by atoms with Gasteiger partial charge in [0.05, 0.1) is 17.6 Å². The van der Waals surface area contributed by atoms with Crippen LogP contribution in [0.5, 0.6) is 0 Å². The van der Waals surface area contributed by atoms with Crippen molar-refractivity contribution in [3.8, 4) is 0 Å². The molecule has 1 aromatic rings. The zero-order valence-electron chi connectivity index (χ0n) is 10.3. The number of rotatable bonds is 3. The van der Waals surface area contributed by atoms with Crippen LogP contribution in [0.3, 0.4) is 0 Å². The molecule has 1 atom stereocenters. The lowest BCUT2D eigenvalue weighted by molar-refractivity contribution is -0.140. The summed E-state index contributed by atoms with van der Waals surface area (Å²) in [6.07, 6.45) is 1.41. The van der Waals surface area contributed by atoms with Gasteiger partial charge in [-0.05, 0) is 31.0 Å². The summed E-state index contributed by atoms with van der Waals surface area (Å²) in [6, 6.07) is 6.47. The highest BCUT2D eigenvalue weighted by molar-refractivity contribution is 8.20. The monoisotopic (exact) mass is 268 g/mol. The number of carbonyl (C=O) groups is 1. The third-order valence-corrected chi connectivity index (χ3v) is 6.24. The molecule has 17 heavy (non-hydrogen) atoms. The van der Waals surface area contributed by atoms with Gasteiger partial charge >= 0.3 is 5.97 Å². The number of aryl methyl sites for hydroxylation is 1. The molecule has 1 aromatic carbocycles. The van der Waals surface area contributed by atoms with Crippen LogP contribution in [-0.4, -0.2) is 17.2 Å². The van der Waals surface area contributed by atoms with Gasteiger partial charge in [-0.2, -0.15) is 0 Å². The maximum Gasteiger partial charge on any atom is 0.307 e. The van der Waals surface area contributed by atoms with Crippen LogP contribution in [0.4, 0.5) is 0 Å². The standard InChI is InChI=1S/C13H16O2S2/c1-4-13(8-12(14)15-3)16-10-6-5-9(2)7-11(10)17-13/h5-7H,4,8H2,1-3H3. The third kappa shape index (κ3) is 2.63. The van der Waals surface area contributed by atoms with Crippen LogP contribution >= 0.6 is 23.5 Å². The number of esters is 1. The quantitative estimate of drug-likeness (QED) is 0.778. The molecule has 0 amide bonds. The molecule has 0 saturated carbocycles. The molecule has 0 fully saturated rings. The molecule has 0 radical (unpaired) electrons. The Hall–Kier alpha value is -0.610. The van der Waals surface area contributed by atoms with Gasteiger partial charge < -0.3 is 4.74 Å². The lowest BCUT2D eigenvalue weighted by Gasteiger charge is -2.23. The smallest absolute Gasteiger partial charge is 0.307 e. The Morgan fingerprint density at radius 3 is 2.71 bits per heavy atom. The first kappa shape index (κ1) is 12.8. The molecule has 2 rings (SSSR count). The Morgan fingerprint density at radius 2 is 2.06 bits per heavy atom. The van der Waals surface area contributed by atoms with Crippen molar-refractivity contribution in [3.63, 3.8) is 0 Å². The van der Waals surface area contributed by atoms with Gasteiger partial charge in [-0.3, -0.25) is 4.79 Å². The molecule has 4 heteroatoms. The fraction of sp³-hybridized carbons (Fsp3) is 0.462. The van der Waals surface area contributed by atoms with E-state index < -0.39 is 0 Å². The van der Waals surface area contributed by atoms with Crippen molar-refractivity contribution in [1.82, 2.24) is 0 Å². The fourth-order valence-corrected chi connectivity index (χ4v) is 4.97. The minimum absolute atomic E-state index is 0.0801. The molecule has 0 aromatic heterocycles.